The Bertz CT molecular complexity index is 2760. The molecule has 0 heterocycles. The summed E-state index contributed by atoms with van der Waals surface area (Å²) in [5, 5.41) is 48.4. The molecule has 4 aromatic carbocycles. The number of hydrogen-bond donors (Lipinski definition) is 4. The molecule has 14 rings (SSSR count). The van der Waals surface area contributed by atoms with Gasteiger partial charge in [-0.3, -0.25) is 19.2 Å². The largest absolute Gasteiger partial charge is 0.480 e. The summed E-state index contributed by atoms with van der Waals surface area (Å²) in [7, 11) is 0. The molecule has 4 N–H and O–H groups in total. The molecule has 10 aliphatic rings. The predicted molar refractivity (Wildman–Crippen MR) is 160 cm³/mol. The third-order valence-electron chi connectivity index (χ3n) is 14.7. The summed E-state index contributed by atoms with van der Waals surface area (Å²) in [4.78, 5) is 55.0. The van der Waals surface area contributed by atoms with Crippen LogP contribution in [0, 0.1) is 16.2 Å². The number of carbonyl (C=O) groups is 4. The Balaban J connectivity index is 1.38. The van der Waals surface area contributed by atoms with Gasteiger partial charge in [0.15, 0.2) is 10.8 Å². The van der Waals surface area contributed by atoms with Gasteiger partial charge in [-0.25, -0.2) is 0 Å². The molecular weight excluding hydrogens is 584 g/mol. The zero-order valence-corrected chi connectivity index (χ0v) is 23.5. The lowest BCUT2D eigenvalue weighted by atomic mass is 9.67. The van der Waals surface area contributed by atoms with E-state index in [0.717, 1.165) is 66.1 Å². The second kappa shape index (κ2) is 5.16. The van der Waals surface area contributed by atoms with Gasteiger partial charge in [-0.15, -0.1) is 0 Å². The molecule has 0 bridgehead atoms. The Morgan fingerprint density at radius 3 is 2.09 bits per heavy atom. The van der Waals surface area contributed by atoms with Gasteiger partial charge in [-0.2, -0.15) is 0 Å². The summed E-state index contributed by atoms with van der Waals surface area (Å²) in [6.45, 7) is 0. The van der Waals surface area contributed by atoms with Crippen LogP contribution in [0.15, 0.2) is 42.0 Å². The van der Waals surface area contributed by atoms with Crippen LogP contribution < -0.4 is 0 Å². The summed E-state index contributed by atoms with van der Waals surface area (Å²) in [5.74, 6) is -5.56. The molecule has 0 aliphatic heterocycles. The Morgan fingerprint density at radius 1 is 0.609 bits per heavy atom. The monoisotopic (exact) mass is 600 g/mol. The number of aliphatic carboxylic acids is 4. The van der Waals surface area contributed by atoms with Crippen LogP contribution in [0.3, 0.4) is 0 Å². The summed E-state index contributed by atoms with van der Waals surface area (Å²) >= 11 is 0. The van der Waals surface area contributed by atoms with Gasteiger partial charge >= 0.3 is 23.9 Å². The molecule has 4 unspecified atom stereocenters. The highest BCUT2D eigenvalue weighted by Crippen LogP contribution is 2.98. The number of hydrogen-bond acceptors (Lipinski definition) is 4. The molecule has 4 aromatic rings. The van der Waals surface area contributed by atoms with Crippen molar-refractivity contribution in [1.82, 2.24) is 0 Å². The van der Waals surface area contributed by atoms with Crippen LogP contribution in [0.4, 0.5) is 0 Å². The van der Waals surface area contributed by atoms with Gasteiger partial charge in [-0.1, -0.05) is 54.1 Å². The Hall–Kier alpha value is -5.50. The molecule has 0 amide bonds. The van der Waals surface area contributed by atoms with Crippen molar-refractivity contribution in [2.75, 3.05) is 0 Å². The molecule has 0 saturated heterocycles. The SMILES string of the molecule is O=C(O)C1(C(=O)O)C23C=Cc4cc5c6c7c4C21c1c-7c2c4c7c(cc8ccc9c(c84)C24C(C(=O)O)(C(=O)O)C64C(=C9)C5)CC(=C3)c17. The van der Waals surface area contributed by atoms with Crippen molar-refractivity contribution in [3.05, 3.63) is 97.6 Å². The molecule has 10 aliphatic carbocycles. The van der Waals surface area contributed by atoms with Gasteiger partial charge < -0.3 is 20.4 Å². The second-order valence-electron chi connectivity index (χ2n) is 15.0. The molecule has 2 fully saturated rings. The van der Waals surface area contributed by atoms with Crippen LogP contribution in [0.2, 0.25) is 0 Å². The van der Waals surface area contributed by atoms with Crippen LogP contribution in [0.5, 0.6) is 0 Å². The van der Waals surface area contributed by atoms with E-state index in [9.17, 15) is 39.6 Å². The molecule has 46 heavy (non-hydrogen) atoms. The van der Waals surface area contributed by atoms with Gasteiger partial charge in [-0.05, 0) is 107 Å². The van der Waals surface area contributed by atoms with Gasteiger partial charge in [0, 0.05) is 0 Å². The molecule has 4 atom stereocenters. The molecule has 8 nitrogen and oxygen atoms in total. The van der Waals surface area contributed by atoms with Crippen molar-refractivity contribution in [1.29, 1.82) is 0 Å². The minimum absolute atomic E-state index is 0.372. The van der Waals surface area contributed by atoms with Crippen LogP contribution >= 0.6 is 0 Å². The number of rotatable bonds is 4. The molecule has 3 spiro atoms. The summed E-state index contributed by atoms with van der Waals surface area (Å²) in [6.07, 6.45) is 8.47. The lowest BCUT2D eigenvalue weighted by Crippen LogP contribution is -2.36. The van der Waals surface area contributed by atoms with Crippen LogP contribution in [0.1, 0.15) is 55.6 Å². The lowest BCUT2D eigenvalue weighted by molar-refractivity contribution is -0.160. The first-order valence-corrected chi connectivity index (χ1v) is 15.5. The van der Waals surface area contributed by atoms with E-state index in [2.05, 4.69) is 12.1 Å². The maximum atomic E-state index is 13.9. The van der Waals surface area contributed by atoms with Crippen molar-refractivity contribution in [3.8, 4) is 11.1 Å². The van der Waals surface area contributed by atoms with E-state index in [1.54, 1.807) is 6.08 Å². The first kappa shape index (κ1) is 22.1. The quantitative estimate of drug-likeness (QED) is 0.199. The van der Waals surface area contributed by atoms with Crippen molar-refractivity contribution in [2.24, 2.45) is 16.2 Å². The standard InChI is InChI=1S/C38H16O8/c39-29(40)37(30(41)42)33-4-3-13-6-15-9-17-8-12-2-1-11-5-14-7-16(10-33)20-18(14)21-19(11)24(12)36-28(21)23-22(25(13)35(33,37)27(20)23)26(15)34(17,36)38(36,31(43)44)32(45)46/h1-6,8,10H,7,9H2,(H,39,40)(H,41,42)(H,43,44)(H,45,46). The fourth-order valence-electron chi connectivity index (χ4n) is 14.3. The smallest absolute Gasteiger partial charge is 0.323 e. The van der Waals surface area contributed by atoms with E-state index >= 15 is 0 Å². The topological polar surface area (TPSA) is 149 Å². The zero-order valence-electron chi connectivity index (χ0n) is 23.5. The average Bonchev–Trinajstić information content (AvgIpc) is 3.39. The summed E-state index contributed by atoms with van der Waals surface area (Å²) < 4.78 is 0. The van der Waals surface area contributed by atoms with E-state index in [1.165, 1.54) is 0 Å². The highest BCUT2D eigenvalue weighted by atomic mass is 16.4. The highest BCUT2D eigenvalue weighted by molar-refractivity contribution is 6.33. The van der Waals surface area contributed by atoms with Crippen LogP contribution in [0.25, 0.3) is 50.4 Å². The van der Waals surface area contributed by atoms with E-state index in [0.29, 0.717) is 46.2 Å². The van der Waals surface area contributed by atoms with Crippen LogP contribution in [-0.4, -0.2) is 44.3 Å². The fourth-order valence-corrected chi connectivity index (χ4v) is 14.3. The van der Waals surface area contributed by atoms with E-state index in [-0.39, 0.29) is 0 Å². The molecule has 216 valence electrons. The third-order valence-corrected chi connectivity index (χ3v) is 14.7. The Labute approximate surface area is 256 Å². The van der Waals surface area contributed by atoms with Gasteiger partial charge in [0.25, 0.3) is 0 Å². The van der Waals surface area contributed by atoms with Crippen LogP contribution in [-0.2, 0) is 48.3 Å². The molecule has 8 heteroatoms. The summed E-state index contributed by atoms with van der Waals surface area (Å²) in [6, 6.07) is 8.13. The fraction of sp³-hybridized carbons (Fsp3) is 0.211. The first-order chi connectivity index (χ1) is 22.1. The van der Waals surface area contributed by atoms with E-state index < -0.39 is 56.4 Å². The Morgan fingerprint density at radius 2 is 1.35 bits per heavy atom. The van der Waals surface area contributed by atoms with Crippen molar-refractivity contribution >= 4 is 63.1 Å². The minimum atomic E-state index is -2.22. The molecular formula is C38H16O8. The molecule has 2 saturated carbocycles. The Kier molecular flexibility index (Phi) is 2.48. The summed E-state index contributed by atoms with van der Waals surface area (Å²) in [5.41, 5.74) is 0.675. The van der Waals surface area contributed by atoms with Crippen molar-refractivity contribution in [3.63, 3.8) is 0 Å². The van der Waals surface area contributed by atoms with E-state index in [4.69, 9.17) is 0 Å². The predicted octanol–water partition coefficient (Wildman–Crippen LogP) is 4.37. The number of carboxylic acid groups (broad SMARTS) is 4. The second-order valence-corrected chi connectivity index (χ2v) is 15.0. The molecule has 0 aromatic heterocycles. The van der Waals surface area contributed by atoms with E-state index in [1.807, 2.05) is 30.4 Å². The number of carboxylic acids is 4. The maximum Gasteiger partial charge on any atom is 0.323 e. The van der Waals surface area contributed by atoms with Gasteiger partial charge in [0.2, 0.25) is 0 Å². The zero-order chi connectivity index (χ0) is 30.8. The maximum absolute atomic E-state index is 13.9. The first-order valence-electron chi connectivity index (χ1n) is 15.5. The number of benzene rings is 4. The van der Waals surface area contributed by atoms with Crippen molar-refractivity contribution < 1.29 is 39.6 Å². The third kappa shape index (κ3) is 1.25. The highest BCUT2D eigenvalue weighted by Gasteiger charge is 3.03. The average molecular weight is 601 g/mol. The van der Waals surface area contributed by atoms with Gasteiger partial charge in [0.05, 0.1) is 21.7 Å². The van der Waals surface area contributed by atoms with Gasteiger partial charge in [0.1, 0.15) is 0 Å². The number of allylic oxidation sites excluding steroid dienone is 4. The van der Waals surface area contributed by atoms with Crippen molar-refractivity contribution in [2.45, 2.75) is 29.1 Å². The minimum Gasteiger partial charge on any atom is -0.480 e. The lowest BCUT2D eigenvalue weighted by Gasteiger charge is -2.34. The molecule has 0 radical (unpaired) electrons. The normalized spacial score (nSPS) is 33.7.